The molecule has 0 spiro atoms. The van der Waals surface area contributed by atoms with Crippen molar-refractivity contribution < 1.29 is 26.7 Å². The van der Waals surface area contributed by atoms with Crippen molar-refractivity contribution in [3.05, 3.63) is 64.8 Å². The predicted molar refractivity (Wildman–Crippen MR) is 119 cm³/mol. The maximum Gasteiger partial charge on any atom is 0.501 e. The number of nitrogens with one attached hydrogen (secondary N) is 1. The number of nitrogens with zero attached hydrogens (tertiary/aromatic N) is 3. The number of anilines is 1. The highest BCUT2D eigenvalue weighted by atomic mass is 32.2. The summed E-state index contributed by atoms with van der Waals surface area (Å²) >= 11 is 0. The second-order valence-electron chi connectivity index (χ2n) is 8.20. The van der Waals surface area contributed by atoms with Gasteiger partial charge in [0.25, 0.3) is 9.84 Å². The quantitative estimate of drug-likeness (QED) is 0.537. The molecule has 3 aromatic rings. The molecule has 182 valence electrons. The molecule has 4 rings (SSSR count). The van der Waals surface area contributed by atoms with Gasteiger partial charge in [-0.1, -0.05) is 19.3 Å². The van der Waals surface area contributed by atoms with Crippen LogP contribution < -0.4 is 11.0 Å². The maximum atomic E-state index is 12.9. The Morgan fingerprint density at radius 3 is 2.41 bits per heavy atom. The fourth-order valence-electron chi connectivity index (χ4n) is 4.05. The lowest BCUT2D eigenvalue weighted by Crippen LogP contribution is -2.25. The van der Waals surface area contributed by atoms with Crippen molar-refractivity contribution in [1.29, 1.82) is 0 Å². The fourth-order valence-corrected chi connectivity index (χ4v) is 4.81. The van der Waals surface area contributed by atoms with Gasteiger partial charge in [0.15, 0.2) is 0 Å². The molecule has 2 heterocycles. The summed E-state index contributed by atoms with van der Waals surface area (Å²) in [5, 5.41) is 13.7. The predicted octanol–water partition coefficient (Wildman–Crippen LogP) is 3.83. The van der Waals surface area contributed by atoms with Crippen LogP contribution in [-0.4, -0.2) is 39.2 Å². The van der Waals surface area contributed by atoms with Gasteiger partial charge < -0.3 is 10.4 Å². The Morgan fingerprint density at radius 2 is 1.76 bits per heavy atom. The van der Waals surface area contributed by atoms with Crippen molar-refractivity contribution in [3.8, 4) is 11.6 Å². The van der Waals surface area contributed by atoms with E-state index in [4.69, 9.17) is 0 Å². The van der Waals surface area contributed by atoms with Gasteiger partial charge in [-0.3, -0.25) is 4.57 Å². The van der Waals surface area contributed by atoms with Crippen LogP contribution in [0.2, 0.25) is 0 Å². The number of sulfone groups is 1. The molecule has 1 saturated carbocycles. The first kappa shape index (κ1) is 23.9. The molecule has 12 heteroatoms. The Kier molecular flexibility index (Phi) is 6.43. The van der Waals surface area contributed by atoms with E-state index in [9.17, 15) is 31.5 Å². The second kappa shape index (κ2) is 9.16. The molecule has 0 radical (unpaired) electrons. The molecule has 1 aromatic carbocycles. The minimum absolute atomic E-state index is 0.0248. The molecule has 0 amide bonds. The van der Waals surface area contributed by atoms with Crippen LogP contribution >= 0.6 is 0 Å². The summed E-state index contributed by atoms with van der Waals surface area (Å²) in [6.07, 6.45) is 8.55. The van der Waals surface area contributed by atoms with Crippen LogP contribution in [0, 0.1) is 0 Å². The zero-order chi connectivity index (χ0) is 24.5. The number of benzene rings is 1. The van der Waals surface area contributed by atoms with Gasteiger partial charge in [0.2, 0.25) is 5.88 Å². The first-order valence-electron chi connectivity index (χ1n) is 10.7. The van der Waals surface area contributed by atoms with Gasteiger partial charge in [-0.2, -0.15) is 13.2 Å². The number of alkyl halides is 3. The third-order valence-corrected chi connectivity index (χ3v) is 7.28. The zero-order valence-corrected chi connectivity index (χ0v) is 18.8. The van der Waals surface area contributed by atoms with E-state index in [1.807, 2.05) is 6.07 Å². The van der Waals surface area contributed by atoms with Crippen molar-refractivity contribution in [1.82, 2.24) is 14.1 Å². The fraction of sp³-hybridized carbons (Fsp3) is 0.364. The van der Waals surface area contributed by atoms with E-state index in [0.29, 0.717) is 11.9 Å². The molecule has 0 saturated heterocycles. The zero-order valence-electron chi connectivity index (χ0n) is 18.0. The molecule has 2 aromatic heterocycles. The third kappa shape index (κ3) is 4.81. The molecule has 0 unspecified atom stereocenters. The lowest BCUT2D eigenvalue weighted by molar-refractivity contribution is -0.0436. The topological polar surface area (TPSA) is 106 Å². The van der Waals surface area contributed by atoms with Crippen LogP contribution in [0.1, 0.15) is 37.7 Å². The van der Waals surface area contributed by atoms with Crippen LogP contribution in [0.15, 0.2) is 58.5 Å². The molecule has 0 atom stereocenters. The third-order valence-electron chi connectivity index (χ3n) is 5.78. The molecule has 1 fully saturated rings. The first-order valence-corrected chi connectivity index (χ1v) is 12.2. The van der Waals surface area contributed by atoms with Crippen molar-refractivity contribution in [2.45, 2.75) is 55.1 Å². The minimum Gasteiger partial charge on any atom is -0.493 e. The Labute approximate surface area is 193 Å². The number of imidazole rings is 1. The van der Waals surface area contributed by atoms with Gasteiger partial charge in [0.1, 0.15) is 5.82 Å². The Hall–Kier alpha value is -3.28. The van der Waals surface area contributed by atoms with Gasteiger partial charge in [-0.05, 0) is 54.8 Å². The smallest absolute Gasteiger partial charge is 0.493 e. The molecular formula is C22H23F3N4O4S. The number of rotatable bonds is 6. The number of pyridine rings is 1. The van der Waals surface area contributed by atoms with Crippen LogP contribution in [-0.2, 0) is 16.4 Å². The highest BCUT2D eigenvalue weighted by Gasteiger charge is 2.46. The van der Waals surface area contributed by atoms with Crippen molar-refractivity contribution in [2.75, 3.05) is 5.32 Å². The summed E-state index contributed by atoms with van der Waals surface area (Å²) in [4.78, 5) is 16.3. The molecule has 34 heavy (non-hydrogen) atoms. The molecule has 0 bridgehead atoms. The number of aromatic nitrogens is 3. The second-order valence-corrected chi connectivity index (χ2v) is 10.1. The molecule has 8 nitrogen and oxygen atoms in total. The number of hydrogen-bond acceptors (Lipinski definition) is 6. The first-order chi connectivity index (χ1) is 16.1. The summed E-state index contributed by atoms with van der Waals surface area (Å²) in [5.74, 6) is 0.258. The van der Waals surface area contributed by atoms with E-state index in [1.165, 1.54) is 30.0 Å². The molecular weight excluding hydrogens is 473 g/mol. The van der Waals surface area contributed by atoms with Crippen molar-refractivity contribution in [3.63, 3.8) is 0 Å². The van der Waals surface area contributed by atoms with E-state index in [2.05, 4.69) is 10.3 Å². The van der Waals surface area contributed by atoms with Crippen LogP contribution in [0.5, 0.6) is 5.88 Å². The van der Waals surface area contributed by atoms with Crippen LogP contribution in [0.3, 0.4) is 0 Å². The lowest BCUT2D eigenvalue weighted by atomic mass is 9.95. The van der Waals surface area contributed by atoms with Gasteiger partial charge >= 0.3 is 11.2 Å². The Morgan fingerprint density at radius 1 is 1.09 bits per heavy atom. The summed E-state index contributed by atoms with van der Waals surface area (Å²) < 4.78 is 63.4. The number of hydrogen-bond donors (Lipinski definition) is 2. The SMILES string of the molecule is O=c1n(Cc2ccnc(NC3CCCCC3)c2)cc(O)n1-c1ccc(S(=O)(=O)C(F)(F)F)cc1. The van der Waals surface area contributed by atoms with Gasteiger partial charge in [-0.25, -0.2) is 22.8 Å². The van der Waals surface area contributed by atoms with Crippen LogP contribution in [0.25, 0.3) is 5.69 Å². The van der Waals surface area contributed by atoms with Crippen molar-refractivity contribution >= 4 is 15.7 Å². The number of halogens is 3. The molecule has 2 N–H and O–H groups in total. The highest BCUT2D eigenvalue weighted by molar-refractivity contribution is 7.92. The lowest BCUT2D eigenvalue weighted by Gasteiger charge is -2.23. The van der Waals surface area contributed by atoms with E-state index in [-0.39, 0.29) is 12.2 Å². The summed E-state index contributed by atoms with van der Waals surface area (Å²) in [7, 11) is -5.51. The van der Waals surface area contributed by atoms with Gasteiger partial charge in [-0.15, -0.1) is 0 Å². The molecule has 1 aliphatic carbocycles. The Bertz CT molecular complexity index is 1330. The minimum atomic E-state index is -5.51. The average molecular weight is 497 g/mol. The molecule has 1 aliphatic rings. The summed E-state index contributed by atoms with van der Waals surface area (Å²) in [5.41, 5.74) is -5.29. The van der Waals surface area contributed by atoms with E-state index < -0.39 is 31.8 Å². The van der Waals surface area contributed by atoms with Crippen LogP contribution in [0.4, 0.5) is 19.0 Å². The van der Waals surface area contributed by atoms with E-state index >= 15 is 0 Å². The van der Waals surface area contributed by atoms with Gasteiger partial charge in [0, 0.05) is 12.2 Å². The summed E-state index contributed by atoms with van der Waals surface area (Å²) in [6, 6.07) is 7.47. The standard InChI is InChI=1S/C22H23F3N4O4S/c23-22(24,25)34(32,33)18-8-6-17(7-9-18)29-20(30)14-28(21(29)31)13-15-10-11-26-19(12-15)27-16-4-2-1-3-5-16/h6-12,14,16,30H,1-5,13H2,(H,26,27). The van der Waals surface area contributed by atoms with Gasteiger partial charge in [0.05, 0.1) is 23.3 Å². The highest BCUT2D eigenvalue weighted by Crippen LogP contribution is 2.30. The number of aromatic hydroxyl groups is 1. The van der Waals surface area contributed by atoms with E-state index in [0.717, 1.165) is 47.2 Å². The van der Waals surface area contributed by atoms with E-state index in [1.54, 1.807) is 12.3 Å². The maximum absolute atomic E-state index is 12.9. The monoisotopic (exact) mass is 496 g/mol. The summed E-state index contributed by atoms with van der Waals surface area (Å²) in [6.45, 7) is 0.127. The normalized spacial score (nSPS) is 15.4. The van der Waals surface area contributed by atoms with Crippen molar-refractivity contribution in [2.24, 2.45) is 0 Å². The Balaban J connectivity index is 1.55. The largest absolute Gasteiger partial charge is 0.501 e. The average Bonchev–Trinajstić information content (AvgIpc) is 3.06. The molecule has 0 aliphatic heterocycles.